The molecule has 0 aliphatic heterocycles. The Kier molecular flexibility index (Phi) is 10.6. The van der Waals surface area contributed by atoms with Crippen molar-refractivity contribution < 1.29 is 32.7 Å². The van der Waals surface area contributed by atoms with Gasteiger partial charge in [-0.05, 0) is 73.0 Å². The Labute approximate surface area is 229 Å². The fourth-order valence-corrected chi connectivity index (χ4v) is 3.69. The summed E-state index contributed by atoms with van der Waals surface area (Å²) < 4.78 is 38.5. The second kappa shape index (κ2) is 14.1. The predicted octanol–water partition coefficient (Wildman–Crippen LogP) is 3.69. The van der Waals surface area contributed by atoms with Gasteiger partial charge in [-0.25, -0.2) is 0 Å². The number of aliphatic hydroxyl groups is 1. The summed E-state index contributed by atoms with van der Waals surface area (Å²) in [7, 11) is 0. The number of alkyl halides is 3. The number of aliphatic hydroxyl groups excluding tert-OH is 1. The number of ketones is 1. The summed E-state index contributed by atoms with van der Waals surface area (Å²) in [6.45, 7) is -0.836. The van der Waals surface area contributed by atoms with Gasteiger partial charge in [-0.2, -0.15) is 13.2 Å². The molecule has 0 aliphatic carbocycles. The van der Waals surface area contributed by atoms with Crippen LogP contribution in [0.2, 0.25) is 0 Å². The Morgan fingerprint density at radius 2 is 1.55 bits per heavy atom. The van der Waals surface area contributed by atoms with Crippen LogP contribution in [-0.4, -0.2) is 41.9 Å². The van der Waals surface area contributed by atoms with Crippen molar-refractivity contribution in [3.05, 3.63) is 101 Å². The lowest BCUT2D eigenvalue weighted by molar-refractivity contribution is -0.137. The number of aryl methyl sites for hydroxylation is 1. The number of nitrogens with two attached hydrogens (primary N) is 1. The maximum Gasteiger partial charge on any atom is 0.416 e. The van der Waals surface area contributed by atoms with Crippen LogP contribution in [0.4, 0.5) is 18.9 Å². The van der Waals surface area contributed by atoms with Crippen LogP contribution in [-0.2, 0) is 22.2 Å². The number of nitrogens with one attached hydrogen (secondary N) is 2. The van der Waals surface area contributed by atoms with E-state index in [-0.39, 0.29) is 18.9 Å². The largest absolute Gasteiger partial charge is 0.416 e. The van der Waals surface area contributed by atoms with Gasteiger partial charge >= 0.3 is 6.18 Å². The van der Waals surface area contributed by atoms with Gasteiger partial charge in [-0.15, -0.1) is 0 Å². The molecule has 3 aromatic carbocycles. The zero-order valence-corrected chi connectivity index (χ0v) is 21.4. The summed E-state index contributed by atoms with van der Waals surface area (Å²) in [6, 6.07) is 17.4. The smallest absolute Gasteiger partial charge is 0.388 e. The number of hydrogen-bond acceptors (Lipinski definition) is 5. The van der Waals surface area contributed by atoms with E-state index >= 15 is 0 Å². The average Bonchev–Trinajstić information content (AvgIpc) is 2.95. The third-order valence-corrected chi connectivity index (χ3v) is 5.88. The summed E-state index contributed by atoms with van der Waals surface area (Å²) in [5.74, 6) is 4.66. The van der Waals surface area contributed by atoms with Crippen molar-refractivity contribution in [1.29, 1.82) is 0 Å². The van der Waals surface area contributed by atoms with Crippen LogP contribution in [0.15, 0.2) is 72.8 Å². The number of anilines is 1. The standard InChI is InChI=1S/C30H28F3N3O4/c31-30(32,33)24-5-1-3-22(17-24)4-2-6-28(39)35-25-15-11-21(12-16-25)8-7-20-9-13-23(14-10-20)29(40)36-26(18-34)27(38)19-37/h1,3,5,9-17,26,37H,2,4,6,18-19,34H2,(H,35,39)(H,36,40)/t26-/m0/s1. The normalized spacial score (nSPS) is 11.6. The van der Waals surface area contributed by atoms with E-state index in [1.54, 1.807) is 54.6 Å². The number of Topliss-reactive ketones (excluding diaryl/α,β-unsaturated/α-hetero) is 1. The monoisotopic (exact) mass is 551 g/mol. The van der Waals surface area contributed by atoms with Gasteiger partial charge in [0.05, 0.1) is 5.56 Å². The molecule has 7 nitrogen and oxygen atoms in total. The molecule has 0 radical (unpaired) electrons. The van der Waals surface area contributed by atoms with Crippen molar-refractivity contribution in [3.63, 3.8) is 0 Å². The number of amides is 2. The molecule has 3 rings (SSSR count). The molecule has 0 heterocycles. The lowest BCUT2D eigenvalue weighted by Crippen LogP contribution is -2.46. The molecule has 5 N–H and O–H groups in total. The Morgan fingerprint density at radius 3 is 2.12 bits per heavy atom. The van der Waals surface area contributed by atoms with E-state index in [9.17, 15) is 27.6 Å². The van der Waals surface area contributed by atoms with Crippen molar-refractivity contribution in [3.8, 4) is 11.8 Å². The lowest BCUT2D eigenvalue weighted by atomic mass is 10.0. The number of halogens is 3. The van der Waals surface area contributed by atoms with Gasteiger partial charge in [-0.1, -0.05) is 30.0 Å². The van der Waals surface area contributed by atoms with Crippen LogP contribution < -0.4 is 16.4 Å². The number of benzene rings is 3. The van der Waals surface area contributed by atoms with Crippen LogP contribution in [0.1, 0.15) is 45.5 Å². The van der Waals surface area contributed by atoms with Crippen LogP contribution in [0.25, 0.3) is 0 Å². The molecule has 0 aliphatic rings. The maximum absolute atomic E-state index is 12.8. The number of carbonyl (C=O) groups is 3. The van der Waals surface area contributed by atoms with Gasteiger partial charge in [-0.3, -0.25) is 14.4 Å². The summed E-state index contributed by atoms with van der Waals surface area (Å²) in [5.41, 5.74) is 7.51. The van der Waals surface area contributed by atoms with Crippen molar-refractivity contribution >= 4 is 23.3 Å². The van der Waals surface area contributed by atoms with Gasteiger partial charge < -0.3 is 21.5 Å². The first-order chi connectivity index (χ1) is 19.1. The number of hydrogen-bond donors (Lipinski definition) is 4. The number of rotatable bonds is 10. The third-order valence-electron chi connectivity index (χ3n) is 5.88. The van der Waals surface area contributed by atoms with Gasteiger partial charge in [0.1, 0.15) is 12.6 Å². The first kappa shape index (κ1) is 30.1. The summed E-state index contributed by atoms with van der Waals surface area (Å²) in [6.07, 6.45) is -3.47. The highest BCUT2D eigenvalue weighted by atomic mass is 19.4. The van der Waals surface area contributed by atoms with E-state index in [1.165, 1.54) is 6.07 Å². The molecular formula is C30H28F3N3O4. The van der Waals surface area contributed by atoms with Gasteiger partial charge in [0.25, 0.3) is 5.91 Å². The Bertz CT molecular complexity index is 1390. The predicted molar refractivity (Wildman–Crippen MR) is 144 cm³/mol. The molecule has 10 heteroatoms. The zero-order chi connectivity index (χ0) is 29.1. The lowest BCUT2D eigenvalue weighted by Gasteiger charge is -2.14. The molecule has 3 aromatic rings. The minimum atomic E-state index is -4.40. The average molecular weight is 552 g/mol. The van der Waals surface area contributed by atoms with Crippen molar-refractivity contribution in [1.82, 2.24) is 5.32 Å². The number of carbonyl (C=O) groups excluding carboxylic acids is 3. The van der Waals surface area contributed by atoms with Crippen molar-refractivity contribution in [2.75, 3.05) is 18.5 Å². The highest BCUT2D eigenvalue weighted by molar-refractivity contribution is 5.98. The van der Waals surface area contributed by atoms with Crippen LogP contribution in [0.3, 0.4) is 0 Å². The third kappa shape index (κ3) is 9.08. The molecule has 0 spiro atoms. The topological polar surface area (TPSA) is 122 Å². The molecule has 40 heavy (non-hydrogen) atoms. The molecule has 0 aromatic heterocycles. The highest BCUT2D eigenvalue weighted by Crippen LogP contribution is 2.29. The molecular weight excluding hydrogens is 523 g/mol. The first-order valence-electron chi connectivity index (χ1n) is 12.4. The Balaban J connectivity index is 1.49. The van der Waals surface area contributed by atoms with Gasteiger partial charge in [0, 0.05) is 35.3 Å². The quantitative estimate of drug-likeness (QED) is 0.287. The minimum absolute atomic E-state index is 0.125. The van der Waals surface area contributed by atoms with E-state index < -0.39 is 36.1 Å². The van der Waals surface area contributed by atoms with E-state index in [0.717, 1.165) is 12.1 Å². The van der Waals surface area contributed by atoms with E-state index in [1.807, 2.05) is 0 Å². The maximum atomic E-state index is 12.8. The zero-order valence-electron chi connectivity index (χ0n) is 21.4. The second-order valence-electron chi connectivity index (χ2n) is 8.89. The molecule has 0 bridgehead atoms. The Morgan fingerprint density at radius 1 is 0.925 bits per heavy atom. The van der Waals surface area contributed by atoms with Crippen LogP contribution in [0.5, 0.6) is 0 Å². The summed E-state index contributed by atoms with van der Waals surface area (Å²) >= 11 is 0. The highest BCUT2D eigenvalue weighted by Gasteiger charge is 2.30. The molecule has 0 saturated heterocycles. The fourth-order valence-electron chi connectivity index (χ4n) is 3.69. The van der Waals surface area contributed by atoms with E-state index in [2.05, 4.69) is 22.5 Å². The Hall–Kier alpha value is -4.46. The molecule has 1 atom stereocenters. The molecule has 2 amide bonds. The second-order valence-corrected chi connectivity index (χ2v) is 8.89. The SMILES string of the molecule is NC[C@H](NC(=O)c1ccc(C#Cc2ccc(NC(=O)CCCc3cccc(C(F)(F)F)c3)cc2)cc1)C(=O)CO. The van der Waals surface area contributed by atoms with E-state index in [4.69, 9.17) is 10.8 Å². The minimum Gasteiger partial charge on any atom is -0.388 e. The molecule has 0 unspecified atom stereocenters. The van der Waals surface area contributed by atoms with Crippen molar-refractivity contribution in [2.45, 2.75) is 31.5 Å². The van der Waals surface area contributed by atoms with E-state index in [0.29, 0.717) is 40.8 Å². The molecule has 0 saturated carbocycles. The molecule has 208 valence electrons. The fraction of sp³-hybridized carbons (Fsp3) is 0.233. The van der Waals surface area contributed by atoms with Crippen molar-refractivity contribution in [2.24, 2.45) is 5.73 Å². The van der Waals surface area contributed by atoms with Crippen LogP contribution >= 0.6 is 0 Å². The van der Waals surface area contributed by atoms with Gasteiger partial charge in [0.2, 0.25) is 5.91 Å². The summed E-state index contributed by atoms with van der Waals surface area (Å²) in [4.78, 5) is 36.1. The van der Waals surface area contributed by atoms with Gasteiger partial charge in [0.15, 0.2) is 5.78 Å². The molecule has 0 fully saturated rings. The summed E-state index contributed by atoms with van der Waals surface area (Å²) in [5, 5.41) is 14.2. The van der Waals surface area contributed by atoms with Crippen LogP contribution in [0, 0.1) is 11.8 Å². The first-order valence-corrected chi connectivity index (χ1v) is 12.4.